The Hall–Kier alpha value is -2.42. The first-order valence-electron chi connectivity index (χ1n) is 7.73. The zero-order valence-electron chi connectivity index (χ0n) is 14.2. The minimum absolute atomic E-state index is 0.0836. The van der Waals surface area contributed by atoms with Gasteiger partial charge >= 0.3 is 5.97 Å². The summed E-state index contributed by atoms with van der Waals surface area (Å²) in [4.78, 5) is 36.5. The average Bonchev–Trinajstić information content (AvgIpc) is 2.51. The van der Waals surface area contributed by atoms with E-state index in [4.69, 9.17) is 5.11 Å². The molecule has 2 amide bonds. The summed E-state index contributed by atoms with van der Waals surface area (Å²) in [5.74, 6) is -3.35. The molecule has 1 aromatic rings. The number of β-lactam (4-membered cyclic amide) rings is 1. The number of sulfonamides is 1. The molecule has 1 aliphatic heterocycles. The Morgan fingerprint density at radius 3 is 2.28 bits per heavy atom. The highest BCUT2D eigenvalue weighted by molar-refractivity contribution is 7.89. The van der Waals surface area contributed by atoms with Crippen LogP contribution in [0.2, 0.25) is 0 Å². The molecule has 1 aromatic carbocycles. The predicted octanol–water partition coefficient (Wildman–Crippen LogP) is 0.464. The maximum absolute atomic E-state index is 12.8. The van der Waals surface area contributed by atoms with Crippen LogP contribution in [-0.4, -0.2) is 60.1 Å². The zero-order valence-corrected chi connectivity index (χ0v) is 15.0. The minimum Gasteiger partial charge on any atom is -0.480 e. The average molecular weight is 368 g/mol. The van der Waals surface area contributed by atoms with Gasteiger partial charge in [-0.25, -0.2) is 12.7 Å². The molecule has 0 bridgehead atoms. The Balaban J connectivity index is 2.37. The third-order valence-electron chi connectivity index (χ3n) is 4.19. The summed E-state index contributed by atoms with van der Waals surface area (Å²) in [5.41, 5.74) is 0.856. The van der Waals surface area contributed by atoms with Gasteiger partial charge in [0.05, 0.1) is 10.8 Å². The number of rotatable bonds is 6. The van der Waals surface area contributed by atoms with Crippen molar-refractivity contribution >= 4 is 27.8 Å². The van der Waals surface area contributed by atoms with Gasteiger partial charge in [-0.15, -0.1) is 0 Å². The molecule has 136 valence electrons. The molecule has 1 fully saturated rings. The van der Waals surface area contributed by atoms with Crippen molar-refractivity contribution in [2.45, 2.75) is 31.2 Å². The van der Waals surface area contributed by atoms with E-state index in [1.54, 1.807) is 26.0 Å². The second-order valence-electron chi connectivity index (χ2n) is 6.00. The molecule has 0 radical (unpaired) electrons. The Labute approximate surface area is 146 Å². The lowest BCUT2D eigenvalue weighted by Gasteiger charge is -2.45. The molecule has 0 aromatic heterocycles. The molecule has 1 aliphatic rings. The molecule has 0 unspecified atom stereocenters. The van der Waals surface area contributed by atoms with E-state index in [9.17, 15) is 22.8 Å². The number of amides is 2. The van der Waals surface area contributed by atoms with E-state index in [0.717, 1.165) is 10.5 Å². The lowest BCUT2D eigenvalue weighted by atomic mass is 9.87. The number of nitrogens with zero attached hydrogens (tertiary/aromatic N) is 2. The third-order valence-corrected chi connectivity index (χ3v) is 5.98. The number of carbonyl (C=O) groups excluding carboxylic acids is 2. The summed E-state index contributed by atoms with van der Waals surface area (Å²) in [6, 6.07) is 4.73. The van der Waals surface area contributed by atoms with E-state index in [0.29, 0.717) is 4.31 Å². The van der Waals surface area contributed by atoms with Crippen LogP contribution in [0.1, 0.15) is 18.9 Å². The van der Waals surface area contributed by atoms with E-state index >= 15 is 0 Å². The number of carbonyl (C=O) groups is 3. The standard InChI is InChI=1S/C16H20N2O6S/c1-4-12-14(16(22)17(3)9-13(19)20)18(15(12)21)25(23,24)11-7-5-10(2)6-8-11/h5-8,12,14H,4,9H2,1-3H3,(H,19,20)/t12-,14-/m0/s1. The molecule has 0 saturated carbocycles. The lowest BCUT2D eigenvalue weighted by molar-refractivity contribution is -0.159. The molecule has 0 aliphatic carbocycles. The molecule has 2 atom stereocenters. The van der Waals surface area contributed by atoms with Crippen LogP contribution in [0.25, 0.3) is 0 Å². The predicted molar refractivity (Wildman–Crippen MR) is 88.1 cm³/mol. The van der Waals surface area contributed by atoms with E-state index in [1.165, 1.54) is 19.2 Å². The van der Waals surface area contributed by atoms with Crippen LogP contribution in [0.15, 0.2) is 29.2 Å². The lowest BCUT2D eigenvalue weighted by Crippen LogP contribution is -2.68. The number of hydrogen-bond donors (Lipinski definition) is 1. The van der Waals surface area contributed by atoms with Gasteiger partial charge in [0.15, 0.2) is 0 Å². The van der Waals surface area contributed by atoms with Crippen molar-refractivity contribution in [1.29, 1.82) is 0 Å². The zero-order chi connectivity index (χ0) is 18.9. The van der Waals surface area contributed by atoms with E-state index < -0.39 is 46.3 Å². The van der Waals surface area contributed by atoms with Gasteiger partial charge in [0.25, 0.3) is 10.0 Å². The van der Waals surface area contributed by atoms with Crippen LogP contribution in [0.3, 0.4) is 0 Å². The first kappa shape index (κ1) is 18.9. The first-order valence-corrected chi connectivity index (χ1v) is 9.17. The fraction of sp³-hybridized carbons (Fsp3) is 0.438. The Morgan fingerprint density at radius 2 is 1.80 bits per heavy atom. The number of carboxylic acids is 1. The van der Waals surface area contributed by atoms with Gasteiger partial charge in [-0.1, -0.05) is 24.6 Å². The summed E-state index contributed by atoms with van der Waals surface area (Å²) in [5, 5.41) is 8.82. The number of benzene rings is 1. The van der Waals surface area contributed by atoms with Crippen LogP contribution in [0.5, 0.6) is 0 Å². The smallest absolute Gasteiger partial charge is 0.323 e. The monoisotopic (exact) mass is 368 g/mol. The maximum Gasteiger partial charge on any atom is 0.323 e. The topological polar surface area (TPSA) is 112 Å². The van der Waals surface area contributed by atoms with Gasteiger partial charge < -0.3 is 10.0 Å². The van der Waals surface area contributed by atoms with Crippen molar-refractivity contribution < 1.29 is 27.9 Å². The van der Waals surface area contributed by atoms with Crippen molar-refractivity contribution in [2.24, 2.45) is 5.92 Å². The largest absolute Gasteiger partial charge is 0.480 e. The van der Waals surface area contributed by atoms with Crippen molar-refractivity contribution in [1.82, 2.24) is 9.21 Å². The molecular formula is C16H20N2O6S. The summed E-state index contributed by atoms with van der Waals surface area (Å²) in [6.45, 7) is 2.90. The quantitative estimate of drug-likeness (QED) is 0.730. The molecule has 9 heteroatoms. The molecule has 8 nitrogen and oxygen atoms in total. The maximum atomic E-state index is 12.8. The van der Waals surface area contributed by atoms with Gasteiger partial charge in [0, 0.05) is 7.05 Å². The van der Waals surface area contributed by atoms with Gasteiger partial charge in [0.1, 0.15) is 12.6 Å². The van der Waals surface area contributed by atoms with Gasteiger partial charge in [-0.05, 0) is 25.5 Å². The van der Waals surface area contributed by atoms with Crippen LogP contribution in [0, 0.1) is 12.8 Å². The molecule has 2 rings (SSSR count). The van der Waals surface area contributed by atoms with E-state index in [-0.39, 0.29) is 11.3 Å². The van der Waals surface area contributed by atoms with Crippen molar-refractivity contribution in [2.75, 3.05) is 13.6 Å². The van der Waals surface area contributed by atoms with Crippen molar-refractivity contribution in [3.05, 3.63) is 29.8 Å². The van der Waals surface area contributed by atoms with Crippen LogP contribution in [0.4, 0.5) is 0 Å². The highest BCUT2D eigenvalue weighted by Gasteiger charge is 2.56. The molecule has 1 saturated heterocycles. The van der Waals surface area contributed by atoms with Gasteiger partial charge in [-0.2, -0.15) is 0 Å². The second-order valence-corrected chi connectivity index (χ2v) is 7.81. The fourth-order valence-corrected chi connectivity index (χ4v) is 4.40. The van der Waals surface area contributed by atoms with Crippen molar-refractivity contribution in [3.63, 3.8) is 0 Å². The molecule has 1 N–H and O–H groups in total. The number of likely N-dealkylation sites (N-methyl/N-ethyl adjacent to an activating group) is 1. The number of aryl methyl sites for hydroxylation is 1. The summed E-state index contributed by atoms with van der Waals surface area (Å²) >= 11 is 0. The van der Waals surface area contributed by atoms with Crippen LogP contribution < -0.4 is 0 Å². The summed E-state index contributed by atoms with van der Waals surface area (Å²) in [7, 11) is -2.91. The summed E-state index contributed by atoms with van der Waals surface area (Å²) in [6.07, 6.45) is 0.288. The highest BCUT2D eigenvalue weighted by atomic mass is 32.2. The number of carboxylic acid groups (broad SMARTS) is 1. The van der Waals surface area contributed by atoms with Gasteiger partial charge in [0.2, 0.25) is 11.8 Å². The fourth-order valence-electron chi connectivity index (χ4n) is 2.79. The van der Waals surface area contributed by atoms with Crippen LogP contribution in [-0.2, 0) is 24.4 Å². The Kier molecular flexibility index (Phi) is 5.17. The SMILES string of the molecule is CC[C@@H]1C(=O)N(S(=O)(=O)c2ccc(C)cc2)[C@@H]1C(=O)N(C)CC(=O)O. The third kappa shape index (κ3) is 3.37. The molecular weight excluding hydrogens is 348 g/mol. The Bertz CT molecular complexity index is 802. The number of hydrogen-bond acceptors (Lipinski definition) is 5. The Morgan fingerprint density at radius 1 is 1.24 bits per heavy atom. The number of aliphatic carboxylic acids is 1. The normalized spacial score (nSPS) is 20.1. The van der Waals surface area contributed by atoms with Crippen LogP contribution >= 0.6 is 0 Å². The molecule has 1 heterocycles. The minimum atomic E-state index is -4.18. The van der Waals surface area contributed by atoms with Gasteiger partial charge in [-0.3, -0.25) is 14.4 Å². The summed E-state index contributed by atoms with van der Waals surface area (Å²) < 4.78 is 26.1. The second kappa shape index (κ2) is 6.83. The van der Waals surface area contributed by atoms with Crippen molar-refractivity contribution in [3.8, 4) is 0 Å². The highest BCUT2D eigenvalue weighted by Crippen LogP contribution is 2.36. The first-order chi connectivity index (χ1) is 11.6. The van der Waals surface area contributed by atoms with E-state index in [1.807, 2.05) is 0 Å². The molecule has 25 heavy (non-hydrogen) atoms. The molecule has 0 spiro atoms. The van der Waals surface area contributed by atoms with E-state index in [2.05, 4.69) is 0 Å².